The number of aromatic nitrogens is 1. The highest BCUT2D eigenvalue weighted by molar-refractivity contribution is 7.20. The number of nitrogens with zero attached hydrogens (tertiary/aromatic N) is 1. The summed E-state index contributed by atoms with van der Waals surface area (Å²) in [5, 5.41) is 13.7. The number of rotatable bonds is 10. The molecule has 1 heterocycles. The SMILES string of the molecule is c1ccc([Si](c2ccccc2)(c2ccccc2)c2ccc3c(c2)c2ccccc2n3-c2cccc(-c3cccc4c3C3c5ccccc5C4c4cccc([Si](c5ccccc5)(c5ccccc5)c5ccccc5)c43)c2)cc1. The zero-order chi connectivity index (χ0) is 50.9. The van der Waals surface area contributed by atoms with E-state index >= 15 is 0 Å². The van der Waals surface area contributed by atoms with E-state index < -0.39 is 16.1 Å². The van der Waals surface area contributed by atoms with Gasteiger partial charge in [0, 0.05) is 28.3 Å². The molecule has 0 radical (unpaired) electrons. The van der Waals surface area contributed by atoms with Crippen LogP contribution >= 0.6 is 0 Å². The summed E-state index contributed by atoms with van der Waals surface area (Å²) in [6.07, 6.45) is 0. The molecule has 1 nitrogen and oxygen atoms in total. The van der Waals surface area contributed by atoms with Gasteiger partial charge in [-0.2, -0.15) is 0 Å². The molecule has 1 aromatic heterocycles. The quantitative estimate of drug-likeness (QED) is 0.0950. The van der Waals surface area contributed by atoms with Crippen LogP contribution in [0.2, 0.25) is 0 Å². The smallest absolute Gasteiger partial charge is 0.179 e. The first-order chi connectivity index (χ1) is 38.2. The fraction of sp³-hybridized carbons (Fsp3) is 0.0270. The molecule has 2 unspecified atom stereocenters. The van der Waals surface area contributed by atoms with Crippen LogP contribution in [0.4, 0.5) is 0 Å². The minimum absolute atomic E-state index is 0.0233. The maximum atomic E-state index is 2.54. The van der Waals surface area contributed by atoms with Crippen LogP contribution in [-0.2, 0) is 0 Å². The molecule has 77 heavy (non-hydrogen) atoms. The van der Waals surface area contributed by atoms with Crippen molar-refractivity contribution in [2.45, 2.75) is 11.8 Å². The van der Waals surface area contributed by atoms with Gasteiger partial charge in [0.25, 0.3) is 0 Å². The summed E-state index contributed by atoms with van der Waals surface area (Å²) >= 11 is 0. The van der Waals surface area contributed by atoms with Crippen LogP contribution in [0.25, 0.3) is 38.6 Å². The molecule has 2 bridgehead atoms. The zero-order valence-corrected chi connectivity index (χ0v) is 44.5. The Balaban J connectivity index is 0.940. The number of benzene rings is 12. The minimum atomic E-state index is -2.93. The van der Waals surface area contributed by atoms with Crippen molar-refractivity contribution in [1.82, 2.24) is 4.57 Å². The first kappa shape index (κ1) is 45.3. The van der Waals surface area contributed by atoms with E-state index in [0.717, 1.165) is 5.69 Å². The maximum Gasteiger partial charge on any atom is 0.179 e. The van der Waals surface area contributed by atoms with Gasteiger partial charge in [-0.05, 0) is 110 Å². The molecule has 13 aromatic rings. The molecule has 0 fully saturated rings. The predicted molar refractivity (Wildman–Crippen MR) is 328 cm³/mol. The third-order valence-electron chi connectivity index (χ3n) is 17.3. The van der Waals surface area contributed by atoms with Gasteiger partial charge in [-0.1, -0.05) is 285 Å². The average Bonchev–Trinajstić information content (AvgIpc) is 4.00. The first-order valence-corrected chi connectivity index (χ1v) is 31.1. The second-order valence-corrected chi connectivity index (χ2v) is 28.5. The predicted octanol–water partition coefficient (Wildman–Crippen LogP) is 12.2. The van der Waals surface area contributed by atoms with E-state index in [9.17, 15) is 0 Å². The summed E-state index contributed by atoms with van der Waals surface area (Å²) in [4.78, 5) is 0. The van der Waals surface area contributed by atoms with Gasteiger partial charge in [0.15, 0.2) is 16.1 Å². The Kier molecular flexibility index (Phi) is 10.8. The van der Waals surface area contributed by atoms with Gasteiger partial charge in [-0.25, -0.2) is 0 Å². The lowest BCUT2D eigenvalue weighted by Gasteiger charge is -2.47. The average molecular weight is 1010 g/mol. The van der Waals surface area contributed by atoms with Crippen LogP contribution in [0.5, 0.6) is 0 Å². The van der Waals surface area contributed by atoms with Crippen LogP contribution in [-0.4, -0.2) is 20.7 Å². The number of fused-ring (bicyclic) bond motifs is 3. The highest BCUT2D eigenvalue weighted by atomic mass is 28.3. The Labute approximate surface area is 452 Å². The second kappa shape index (κ2) is 18.3. The summed E-state index contributed by atoms with van der Waals surface area (Å²) in [5.41, 5.74) is 14.7. The first-order valence-electron chi connectivity index (χ1n) is 27.1. The number of hydrogen-bond donors (Lipinski definition) is 0. The third kappa shape index (κ3) is 6.77. The molecule has 0 aliphatic heterocycles. The van der Waals surface area contributed by atoms with Crippen molar-refractivity contribution in [3.05, 3.63) is 343 Å². The Hall–Kier alpha value is -9.13. The molecule has 0 saturated carbocycles. The van der Waals surface area contributed by atoms with Crippen molar-refractivity contribution < 1.29 is 0 Å². The number of hydrogen-bond acceptors (Lipinski definition) is 0. The fourth-order valence-electron chi connectivity index (χ4n) is 14.3. The molecule has 3 aliphatic carbocycles. The van der Waals surface area contributed by atoms with Gasteiger partial charge >= 0.3 is 0 Å². The molecule has 3 aliphatic rings. The maximum absolute atomic E-state index is 2.93. The minimum Gasteiger partial charge on any atom is -0.309 e. The molecule has 0 spiro atoms. The van der Waals surface area contributed by atoms with E-state index in [0.29, 0.717) is 0 Å². The topological polar surface area (TPSA) is 4.93 Å². The molecule has 0 amide bonds. The monoisotopic (exact) mass is 1010 g/mol. The standard InChI is InChI=1S/C74H53NSi2/c1-7-28-54(29-8-1)76(55-30-9-2-10-31-55,56-32-11-3-12-33-56)60-48-49-69-67(51-60)62-40-21-22-46-68(62)75(69)53-27-23-26-52(50-53)61-43-24-44-65-71-63-41-19-20-42-64(63)74(72(61)65)73-66(71)45-25-47-70(73)77(57-34-13-4-14-35-57,58-36-15-5-16-37-58)59-38-17-6-18-39-59/h1-51,71,74H. The lowest BCUT2D eigenvalue weighted by molar-refractivity contribution is 0.760. The van der Waals surface area contributed by atoms with Crippen LogP contribution < -0.4 is 41.5 Å². The normalized spacial score (nSPS) is 14.5. The van der Waals surface area contributed by atoms with Crippen LogP contribution in [0.1, 0.15) is 45.2 Å². The van der Waals surface area contributed by atoms with Gasteiger partial charge < -0.3 is 4.57 Å². The summed E-state index contributed by atoms with van der Waals surface area (Å²) in [6, 6.07) is 118. The summed E-state index contributed by atoms with van der Waals surface area (Å²) in [7, 11) is -5.71. The van der Waals surface area contributed by atoms with Crippen LogP contribution in [0, 0.1) is 0 Å². The lowest BCUT2D eigenvalue weighted by Crippen LogP contribution is -2.75. The molecule has 12 aromatic carbocycles. The summed E-state index contributed by atoms with van der Waals surface area (Å²) < 4.78 is 2.51. The van der Waals surface area contributed by atoms with Crippen LogP contribution in [0.3, 0.4) is 0 Å². The Morgan fingerprint density at radius 1 is 0.260 bits per heavy atom. The number of para-hydroxylation sites is 1. The van der Waals surface area contributed by atoms with E-state index in [-0.39, 0.29) is 11.8 Å². The van der Waals surface area contributed by atoms with Crippen molar-refractivity contribution in [3.8, 4) is 16.8 Å². The molecule has 0 N–H and O–H groups in total. The van der Waals surface area contributed by atoms with Crippen LogP contribution in [0.15, 0.2) is 309 Å². The molecule has 2 atom stereocenters. The molecule has 16 rings (SSSR count). The van der Waals surface area contributed by atoms with Crippen molar-refractivity contribution in [2.75, 3.05) is 0 Å². The van der Waals surface area contributed by atoms with Gasteiger partial charge in [-0.3, -0.25) is 0 Å². The summed E-state index contributed by atoms with van der Waals surface area (Å²) in [5.74, 6) is 0.123. The van der Waals surface area contributed by atoms with Gasteiger partial charge in [0.1, 0.15) is 0 Å². The summed E-state index contributed by atoms with van der Waals surface area (Å²) in [6.45, 7) is 0. The fourth-order valence-corrected chi connectivity index (χ4v) is 24.1. The Morgan fingerprint density at radius 3 is 1.25 bits per heavy atom. The highest BCUT2D eigenvalue weighted by Gasteiger charge is 2.50. The van der Waals surface area contributed by atoms with Crippen molar-refractivity contribution in [2.24, 2.45) is 0 Å². The largest absolute Gasteiger partial charge is 0.309 e. The molecule has 0 saturated heterocycles. The van der Waals surface area contributed by atoms with Gasteiger partial charge in [0.2, 0.25) is 0 Å². The van der Waals surface area contributed by atoms with Crippen molar-refractivity contribution >= 4 is 79.4 Å². The van der Waals surface area contributed by atoms with E-state index in [4.69, 9.17) is 0 Å². The Morgan fingerprint density at radius 2 is 0.688 bits per heavy atom. The zero-order valence-electron chi connectivity index (χ0n) is 42.5. The van der Waals surface area contributed by atoms with E-state index in [1.54, 1.807) is 0 Å². The van der Waals surface area contributed by atoms with Crippen molar-refractivity contribution in [3.63, 3.8) is 0 Å². The molecular formula is C74H53NSi2. The van der Waals surface area contributed by atoms with E-state index in [1.807, 2.05) is 0 Å². The molecule has 362 valence electrons. The molecular weight excluding hydrogens is 959 g/mol. The lowest BCUT2D eigenvalue weighted by atomic mass is 9.60. The highest BCUT2D eigenvalue weighted by Crippen LogP contribution is 2.57. The Bertz CT molecular complexity index is 4130. The molecule has 3 heteroatoms. The van der Waals surface area contributed by atoms with Gasteiger partial charge in [0.05, 0.1) is 11.0 Å². The van der Waals surface area contributed by atoms with E-state index in [1.165, 1.54) is 108 Å². The van der Waals surface area contributed by atoms with E-state index in [2.05, 4.69) is 314 Å². The third-order valence-corrected chi connectivity index (χ3v) is 26.9. The van der Waals surface area contributed by atoms with Crippen molar-refractivity contribution in [1.29, 1.82) is 0 Å². The second-order valence-electron chi connectivity index (χ2n) is 20.9. The van der Waals surface area contributed by atoms with Gasteiger partial charge in [-0.15, -0.1) is 0 Å².